The Hall–Kier alpha value is -3.07. The lowest BCUT2D eigenvalue weighted by Gasteiger charge is -2.17. The third kappa shape index (κ3) is 5.35. The molecule has 1 atom stereocenters. The van der Waals surface area contributed by atoms with Gasteiger partial charge in [0, 0.05) is 23.7 Å². The molecule has 1 heterocycles. The first-order valence-electron chi connectivity index (χ1n) is 9.25. The standard InChI is InChI=1S/C21H18ClF3N2O4/c1-12-6-7-14(9-16(12)22)27-10-13(8-19(27)29)20(30)31-11-18(28)26-17-5-3-2-4-15(17)21(23,24)25/h2-7,9,13H,8,10-11H2,1H3,(H,26,28)/t13-/m0/s1. The Morgan fingerprint density at radius 2 is 1.94 bits per heavy atom. The van der Waals surface area contributed by atoms with Crippen LogP contribution in [0.15, 0.2) is 42.5 Å². The lowest BCUT2D eigenvalue weighted by atomic mass is 10.1. The number of hydrogen-bond acceptors (Lipinski definition) is 4. The van der Waals surface area contributed by atoms with Gasteiger partial charge in [-0.1, -0.05) is 29.8 Å². The molecule has 0 bridgehead atoms. The van der Waals surface area contributed by atoms with E-state index in [1.807, 2.05) is 6.92 Å². The first-order chi connectivity index (χ1) is 14.6. The van der Waals surface area contributed by atoms with Crippen molar-refractivity contribution in [1.82, 2.24) is 0 Å². The van der Waals surface area contributed by atoms with Gasteiger partial charge in [-0.2, -0.15) is 13.2 Å². The van der Waals surface area contributed by atoms with Gasteiger partial charge in [0.25, 0.3) is 5.91 Å². The van der Waals surface area contributed by atoms with Gasteiger partial charge in [-0.15, -0.1) is 0 Å². The quantitative estimate of drug-likeness (QED) is 0.687. The first-order valence-corrected chi connectivity index (χ1v) is 9.63. The summed E-state index contributed by atoms with van der Waals surface area (Å²) in [7, 11) is 0. The van der Waals surface area contributed by atoms with Crippen LogP contribution >= 0.6 is 11.6 Å². The van der Waals surface area contributed by atoms with Crippen LogP contribution in [0.4, 0.5) is 24.5 Å². The number of carbonyl (C=O) groups is 3. The minimum atomic E-state index is -4.65. The van der Waals surface area contributed by atoms with E-state index in [9.17, 15) is 27.6 Å². The van der Waals surface area contributed by atoms with Gasteiger partial charge >= 0.3 is 12.1 Å². The third-order valence-electron chi connectivity index (χ3n) is 4.78. The van der Waals surface area contributed by atoms with Crippen LogP contribution in [-0.4, -0.2) is 30.9 Å². The van der Waals surface area contributed by atoms with Crippen LogP contribution in [0.2, 0.25) is 5.02 Å². The van der Waals surface area contributed by atoms with E-state index in [4.69, 9.17) is 16.3 Å². The van der Waals surface area contributed by atoms with Crippen molar-refractivity contribution in [1.29, 1.82) is 0 Å². The van der Waals surface area contributed by atoms with Crippen LogP contribution in [0.25, 0.3) is 0 Å². The fraction of sp³-hybridized carbons (Fsp3) is 0.286. The van der Waals surface area contributed by atoms with E-state index in [0.29, 0.717) is 10.7 Å². The molecule has 0 radical (unpaired) electrons. The first kappa shape index (κ1) is 22.6. The van der Waals surface area contributed by atoms with E-state index in [1.165, 1.54) is 17.0 Å². The van der Waals surface area contributed by atoms with Gasteiger partial charge in [0.2, 0.25) is 5.91 Å². The van der Waals surface area contributed by atoms with Crippen LogP contribution in [0.1, 0.15) is 17.5 Å². The minimum Gasteiger partial charge on any atom is -0.455 e. The molecule has 2 aromatic rings. The normalized spacial score (nSPS) is 16.4. The molecule has 2 amide bonds. The third-order valence-corrected chi connectivity index (χ3v) is 5.18. The van der Waals surface area contributed by atoms with Crippen molar-refractivity contribution in [2.24, 2.45) is 5.92 Å². The Bertz CT molecular complexity index is 1030. The highest BCUT2D eigenvalue weighted by atomic mass is 35.5. The predicted molar refractivity (Wildman–Crippen MR) is 108 cm³/mol. The summed E-state index contributed by atoms with van der Waals surface area (Å²) in [6, 6.07) is 9.54. The summed E-state index contributed by atoms with van der Waals surface area (Å²) < 4.78 is 43.9. The van der Waals surface area contributed by atoms with E-state index >= 15 is 0 Å². The molecule has 1 N–H and O–H groups in total. The summed E-state index contributed by atoms with van der Waals surface area (Å²) in [4.78, 5) is 38.0. The Balaban J connectivity index is 1.57. The van der Waals surface area contributed by atoms with E-state index in [0.717, 1.165) is 17.7 Å². The van der Waals surface area contributed by atoms with Gasteiger partial charge in [-0.3, -0.25) is 14.4 Å². The molecule has 0 unspecified atom stereocenters. The van der Waals surface area contributed by atoms with Crippen molar-refractivity contribution in [3.8, 4) is 0 Å². The number of nitrogens with zero attached hydrogens (tertiary/aromatic N) is 1. The van der Waals surface area contributed by atoms with Crippen molar-refractivity contribution < 1.29 is 32.3 Å². The largest absolute Gasteiger partial charge is 0.455 e. The summed E-state index contributed by atoms with van der Waals surface area (Å²) in [5.74, 6) is -2.81. The Morgan fingerprint density at radius 1 is 1.23 bits per heavy atom. The number of anilines is 2. The van der Waals surface area contributed by atoms with Crippen molar-refractivity contribution in [3.63, 3.8) is 0 Å². The molecule has 164 valence electrons. The number of para-hydroxylation sites is 1. The average Bonchev–Trinajstić information content (AvgIpc) is 3.09. The SMILES string of the molecule is Cc1ccc(N2C[C@@H](C(=O)OCC(=O)Nc3ccccc3C(F)(F)F)CC2=O)cc1Cl. The van der Waals surface area contributed by atoms with E-state index in [-0.39, 0.29) is 18.9 Å². The van der Waals surface area contributed by atoms with E-state index in [1.54, 1.807) is 18.2 Å². The Kier molecular flexibility index (Phi) is 6.54. The second kappa shape index (κ2) is 8.97. The van der Waals surface area contributed by atoms with Gasteiger partial charge in [0.15, 0.2) is 6.61 Å². The molecule has 0 aliphatic carbocycles. The second-order valence-electron chi connectivity index (χ2n) is 7.04. The number of nitrogens with one attached hydrogen (secondary N) is 1. The number of rotatable bonds is 5. The van der Waals surface area contributed by atoms with Crippen LogP contribution < -0.4 is 10.2 Å². The molecule has 0 spiro atoms. The van der Waals surface area contributed by atoms with Gasteiger partial charge in [0.05, 0.1) is 17.2 Å². The molecule has 2 aromatic carbocycles. The maximum absolute atomic E-state index is 13.0. The monoisotopic (exact) mass is 454 g/mol. The summed E-state index contributed by atoms with van der Waals surface area (Å²) in [6.07, 6.45) is -4.75. The number of benzene rings is 2. The van der Waals surface area contributed by atoms with Crippen molar-refractivity contribution >= 4 is 40.8 Å². The zero-order valence-electron chi connectivity index (χ0n) is 16.3. The molecule has 31 heavy (non-hydrogen) atoms. The van der Waals surface area contributed by atoms with Crippen LogP contribution in [0.5, 0.6) is 0 Å². The fourth-order valence-electron chi connectivity index (χ4n) is 3.14. The van der Waals surface area contributed by atoms with Crippen molar-refractivity contribution in [2.45, 2.75) is 19.5 Å². The number of ether oxygens (including phenoxy) is 1. The van der Waals surface area contributed by atoms with Crippen LogP contribution in [0, 0.1) is 12.8 Å². The molecule has 0 aromatic heterocycles. The number of hydrogen-bond donors (Lipinski definition) is 1. The molecule has 3 rings (SSSR count). The van der Waals surface area contributed by atoms with Crippen molar-refractivity contribution in [2.75, 3.05) is 23.4 Å². The van der Waals surface area contributed by atoms with E-state index in [2.05, 4.69) is 5.32 Å². The highest BCUT2D eigenvalue weighted by molar-refractivity contribution is 6.31. The predicted octanol–water partition coefficient (Wildman–Crippen LogP) is 4.20. The highest BCUT2D eigenvalue weighted by Gasteiger charge is 2.37. The number of alkyl halides is 3. The zero-order chi connectivity index (χ0) is 22.8. The Labute approximate surface area is 180 Å². The fourth-order valence-corrected chi connectivity index (χ4v) is 3.32. The Morgan fingerprint density at radius 3 is 2.61 bits per heavy atom. The molecule has 0 saturated carbocycles. The smallest absolute Gasteiger partial charge is 0.418 e. The summed E-state index contributed by atoms with van der Waals surface area (Å²) in [5, 5.41) is 2.57. The van der Waals surface area contributed by atoms with Crippen LogP contribution in [-0.2, 0) is 25.3 Å². The number of esters is 1. The molecular weight excluding hydrogens is 437 g/mol. The molecule has 6 nitrogen and oxygen atoms in total. The molecule has 1 fully saturated rings. The number of halogens is 4. The topological polar surface area (TPSA) is 75.7 Å². The van der Waals surface area contributed by atoms with Gasteiger partial charge in [-0.25, -0.2) is 0 Å². The lowest BCUT2D eigenvalue weighted by molar-refractivity contribution is -0.151. The number of aryl methyl sites for hydroxylation is 1. The summed E-state index contributed by atoms with van der Waals surface area (Å²) >= 11 is 6.08. The van der Waals surface area contributed by atoms with Crippen molar-refractivity contribution in [3.05, 3.63) is 58.6 Å². The van der Waals surface area contributed by atoms with Gasteiger partial charge in [-0.05, 0) is 36.8 Å². The molecule has 1 aliphatic heterocycles. The summed E-state index contributed by atoms with van der Waals surface area (Å²) in [6.45, 7) is 1.10. The highest BCUT2D eigenvalue weighted by Crippen LogP contribution is 2.34. The number of amides is 2. The number of carbonyl (C=O) groups excluding carboxylic acids is 3. The van der Waals surface area contributed by atoms with Gasteiger partial charge in [0.1, 0.15) is 0 Å². The minimum absolute atomic E-state index is 0.0512. The lowest BCUT2D eigenvalue weighted by Crippen LogP contribution is -2.28. The zero-order valence-corrected chi connectivity index (χ0v) is 17.1. The molecule has 1 aliphatic rings. The molecule has 10 heteroatoms. The van der Waals surface area contributed by atoms with Gasteiger partial charge < -0.3 is 15.0 Å². The average molecular weight is 455 g/mol. The maximum atomic E-state index is 13.0. The molecule has 1 saturated heterocycles. The van der Waals surface area contributed by atoms with E-state index < -0.39 is 41.8 Å². The van der Waals surface area contributed by atoms with Crippen LogP contribution in [0.3, 0.4) is 0 Å². The molecular formula is C21H18ClF3N2O4. The maximum Gasteiger partial charge on any atom is 0.418 e. The summed E-state index contributed by atoms with van der Waals surface area (Å²) in [5.41, 5.74) is -0.0680. The second-order valence-corrected chi connectivity index (χ2v) is 7.45.